The van der Waals surface area contributed by atoms with Crippen molar-refractivity contribution in [3.8, 4) is 17.1 Å². The molecule has 0 aliphatic carbocycles. The van der Waals surface area contributed by atoms with E-state index in [1.165, 1.54) is 29.7 Å². The van der Waals surface area contributed by atoms with Gasteiger partial charge in [-0.15, -0.1) is 5.10 Å². The molecule has 0 saturated carbocycles. The Bertz CT molecular complexity index is 1310. The van der Waals surface area contributed by atoms with Crippen LogP contribution in [0.25, 0.3) is 17.0 Å². The minimum Gasteiger partial charge on any atom is -0.495 e. The van der Waals surface area contributed by atoms with E-state index < -0.39 is 17.4 Å². The Morgan fingerprint density at radius 1 is 1.17 bits per heavy atom. The van der Waals surface area contributed by atoms with E-state index in [4.69, 9.17) is 4.74 Å². The van der Waals surface area contributed by atoms with Crippen LogP contribution in [0.2, 0.25) is 0 Å². The molecule has 0 spiro atoms. The summed E-state index contributed by atoms with van der Waals surface area (Å²) in [6.07, 6.45) is 0. The van der Waals surface area contributed by atoms with Crippen molar-refractivity contribution < 1.29 is 13.9 Å². The molecular formula is C21H18FN5O3. The summed E-state index contributed by atoms with van der Waals surface area (Å²) in [5.74, 6) is -0.130. The third kappa shape index (κ3) is 3.64. The van der Waals surface area contributed by atoms with Gasteiger partial charge >= 0.3 is 5.69 Å². The van der Waals surface area contributed by atoms with Crippen LogP contribution in [-0.4, -0.2) is 32.2 Å². The number of carbonyl (C=O) groups excluding carboxylic acids is 1. The Hall–Kier alpha value is -4.01. The summed E-state index contributed by atoms with van der Waals surface area (Å²) >= 11 is 0. The quantitative estimate of drug-likeness (QED) is 0.549. The van der Waals surface area contributed by atoms with Crippen LogP contribution in [0, 0.1) is 12.7 Å². The fraction of sp³-hybridized carbons (Fsp3) is 0.143. The van der Waals surface area contributed by atoms with E-state index in [1.54, 1.807) is 43.3 Å². The van der Waals surface area contributed by atoms with Gasteiger partial charge in [0.25, 0.3) is 0 Å². The molecule has 0 atom stereocenters. The molecule has 0 unspecified atom stereocenters. The number of carbonyl (C=O) groups is 1. The number of benzene rings is 2. The summed E-state index contributed by atoms with van der Waals surface area (Å²) in [5, 5.41) is 6.96. The van der Waals surface area contributed by atoms with Crippen LogP contribution in [-0.2, 0) is 11.3 Å². The Morgan fingerprint density at radius 2 is 1.97 bits per heavy atom. The molecule has 2 aromatic carbocycles. The van der Waals surface area contributed by atoms with E-state index in [9.17, 15) is 14.0 Å². The standard InChI is InChI=1S/C21H18FN5O3/c1-13-10-18-25-26(12-19(28)24-16-8-3-4-9-17(16)30-2)21(29)27(18)20(23-13)14-6-5-7-15(22)11-14/h3-11H,12H2,1-2H3,(H,24,28). The first kappa shape index (κ1) is 19.3. The van der Waals surface area contributed by atoms with Crippen LogP contribution < -0.4 is 15.7 Å². The largest absolute Gasteiger partial charge is 0.495 e. The topological polar surface area (TPSA) is 90.5 Å². The van der Waals surface area contributed by atoms with E-state index in [0.29, 0.717) is 28.3 Å². The van der Waals surface area contributed by atoms with Gasteiger partial charge < -0.3 is 10.1 Å². The van der Waals surface area contributed by atoms with Crippen LogP contribution in [0.4, 0.5) is 10.1 Å². The molecule has 30 heavy (non-hydrogen) atoms. The molecule has 4 rings (SSSR count). The number of methoxy groups -OCH3 is 1. The van der Waals surface area contributed by atoms with Crippen LogP contribution in [0.15, 0.2) is 59.4 Å². The normalized spacial score (nSPS) is 10.9. The average molecular weight is 407 g/mol. The van der Waals surface area contributed by atoms with E-state index in [0.717, 1.165) is 4.68 Å². The number of aryl methyl sites for hydroxylation is 1. The number of nitrogens with zero attached hydrogens (tertiary/aromatic N) is 4. The summed E-state index contributed by atoms with van der Waals surface area (Å²) in [4.78, 5) is 29.8. The lowest BCUT2D eigenvalue weighted by molar-refractivity contribution is -0.117. The third-order valence-electron chi connectivity index (χ3n) is 4.45. The lowest BCUT2D eigenvalue weighted by Gasteiger charge is -2.09. The Balaban J connectivity index is 1.71. The van der Waals surface area contributed by atoms with E-state index in [1.807, 2.05) is 0 Å². The molecule has 152 valence electrons. The summed E-state index contributed by atoms with van der Waals surface area (Å²) in [5.41, 5.74) is 1.30. The van der Waals surface area contributed by atoms with Gasteiger partial charge in [-0.25, -0.2) is 23.3 Å². The number of hydrogen-bond donors (Lipinski definition) is 1. The zero-order valence-electron chi connectivity index (χ0n) is 16.3. The minimum absolute atomic E-state index is 0.255. The van der Waals surface area contributed by atoms with Gasteiger partial charge in [-0.05, 0) is 31.2 Å². The molecule has 9 heteroatoms. The zero-order chi connectivity index (χ0) is 21.3. The molecule has 0 saturated heterocycles. The van der Waals surface area contributed by atoms with Gasteiger partial charge in [-0.1, -0.05) is 24.3 Å². The van der Waals surface area contributed by atoms with Crippen molar-refractivity contribution in [2.24, 2.45) is 0 Å². The number of amides is 1. The Labute approximate surface area is 170 Å². The predicted molar refractivity (Wildman–Crippen MR) is 109 cm³/mol. The highest BCUT2D eigenvalue weighted by molar-refractivity contribution is 5.92. The third-order valence-corrected chi connectivity index (χ3v) is 4.45. The highest BCUT2D eigenvalue weighted by atomic mass is 19.1. The van der Waals surface area contributed by atoms with E-state index >= 15 is 0 Å². The van der Waals surface area contributed by atoms with Gasteiger partial charge in [-0.3, -0.25) is 4.79 Å². The number of aromatic nitrogens is 4. The number of fused-ring (bicyclic) bond motifs is 1. The molecule has 0 fully saturated rings. The second-order valence-corrected chi connectivity index (χ2v) is 6.61. The average Bonchev–Trinajstić information content (AvgIpc) is 3.02. The summed E-state index contributed by atoms with van der Waals surface area (Å²) in [7, 11) is 1.50. The van der Waals surface area contributed by atoms with Gasteiger partial charge in [-0.2, -0.15) is 0 Å². The number of rotatable bonds is 5. The van der Waals surface area contributed by atoms with Crippen molar-refractivity contribution in [1.29, 1.82) is 0 Å². The van der Waals surface area contributed by atoms with Gasteiger partial charge in [0, 0.05) is 17.3 Å². The zero-order valence-corrected chi connectivity index (χ0v) is 16.3. The van der Waals surface area contributed by atoms with Gasteiger partial charge in [0.2, 0.25) is 5.91 Å². The minimum atomic E-state index is -0.549. The second kappa shape index (κ2) is 7.78. The van der Waals surface area contributed by atoms with Crippen LogP contribution in [0.5, 0.6) is 5.75 Å². The maximum absolute atomic E-state index is 13.7. The maximum Gasteiger partial charge on any atom is 0.352 e. The number of hydrogen-bond acceptors (Lipinski definition) is 5. The lowest BCUT2D eigenvalue weighted by atomic mass is 10.2. The Morgan fingerprint density at radius 3 is 2.73 bits per heavy atom. The van der Waals surface area contributed by atoms with Gasteiger partial charge in [0.1, 0.15) is 23.9 Å². The molecule has 0 radical (unpaired) electrons. The summed E-state index contributed by atoms with van der Waals surface area (Å²) in [6, 6.07) is 14.4. The van der Waals surface area contributed by atoms with Crippen molar-refractivity contribution in [2.75, 3.05) is 12.4 Å². The fourth-order valence-electron chi connectivity index (χ4n) is 3.15. The van der Waals surface area contributed by atoms with E-state index in [2.05, 4.69) is 15.4 Å². The summed E-state index contributed by atoms with van der Waals surface area (Å²) < 4.78 is 21.2. The van der Waals surface area contributed by atoms with Crippen molar-refractivity contribution in [2.45, 2.75) is 13.5 Å². The monoisotopic (exact) mass is 407 g/mol. The first-order valence-electron chi connectivity index (χ1n) is 9.12. The second-order valence-electron chi connectivity index (χ2n) is 6.61. The molecular weight excluding hydrogens is 389 g/mol. The molecule has 1 N–H and O–H groups in total. The molecule has 0 aliphatic heterocycles. The highest BCUT2D eigenvalue weighted by Crippen LogP contribution is 2.23. The molecule has 1 amide bonds. The Kier molecular flexibility index (Phi) is 5.01. The molecule has 0 bridgehead atoms. The van der Waals surface area contributed by atoms with Crippen molar-refractivity contribution in [3.63, 3.8) is 0 Å². The molecule has 8 nitrogen and oxygen atoms in total. The fourth-order valence-corrected chi connectivity index (χ4v) is 3.15. The highest BCUT2D eigenvalue weighted by Gasteiger charge is 2.17. The van der Waals surface area contributed by atoms with Gasteiger partial charge in [0.15, 0.2) is 5.65 Å². The van der Waals surface area contributed by atoms with Crippen molar-refractivity contribution in [3.05, 3.63) is 76.6 Å². The number of anilines is 1. The first-order valence-corrected chi connectivity index (χ1v) is 9.12. The lowest BCUT2D eigenvalue weighted by Crippen LogP contribution is -2.29. The molecule has 0 aliphatic rings. The SMILES string of the molecule is COc1ccccc1NC(=O)Cn1nc2cc(C)nc(-c3cccc(F)c3)n2c1=O. The number of para-hydroxylation sites is 2. The number of ether oxygens (including phenoxy) is 1. The van der Waals surface area contributed by atoms with E-state index in [-0.39, 0.29) is 12.4 Å². The van der Waals surface area contributed by atoms with Crippen LogP contribution >= 0.6 is 0 Å². The van der Waals surface area contributed by atoms with Crippen molar-refractivity contribution >= 4 is 17.2 Å². The van der Waals surface area contributed by atoms with Gasteiger partial charge in [0.05, 0.1) is 12.8 Å². The van der Waals surface area contributed by atoms with Crippen molar-refractivity contribution in [1.82, 2.24) is 19.2 Å². The van der Waals surface area contributed by atoms with Crippen LogP contribution in [0.3, 0.4) is 0 Å². The number of halogens is 1. The molecule has 2 aromatic heterocycles. The smallest absolute Gasteiger partial charge is 0.352 e. The number of nitrogens with one attached hydrogen (secondary N) is 1. The predicted octanol–water partition coefficient (Wildman–Crippen LogP) is 2.65. The first-order chi connectivity index (χ1) is 14.5. The van der Waals surface area contributed by atoms with Crippen LogP contribution in [0.1, 0.15) is 5.69 Å². The molecule has 2 heterocycles. The molecule has 4 aromatic rings. The maximum atomic E-state index is 13.7. The summed E-state index contributed by atoms with van der Waals surface area (Å²) in [6.45, 7) is 1.45.